The fourth-order valence-corrected chi connectivity index (χ4v) is 5.02. The normalized spacial score (nSPS) is 15.2. The summed E-state index contributed by atoms with van der Waals surface area (Å²) in [5, 5.41) is 5.74. The zero-order chi connectivity index (χ0) is 31.6. The molecule has 43 heavy (non-hydrogen) atoms. The molecule has 0 bridgehead atoms. The lowest BCUT2D eigenvalue weighted by Gasteiger charge is -2.33. The van der Waals surface area contributed by atoms with Gasteiger partial charge in [0.25, 0.3) is 5.91 Å². The van der Waals surface area contributed by atoms with E-state index in [2.05, 4.69) is 50.3 Å². The highest BCUT2D eigenvalue weighted by atomic mass is 79.9. The molecule has 0 radical (unpaired) electrons. The lowest BCUT2D eigenvalue weighted by molar-refractivity contribution is -0.112. The molecule has 0 saturated carbocycles. The first-order chi connectivity index (χ1) is 20.9. The Morgan fingerprint density at radius 2 is 1.65 bits per heavy atom. The zero-order valence-electron chi connectivity index (χ0n) is 26.5. The van der Waals surface area contributed by atoms with Gasteiger partial charge in [0.15, 0.2) is 0 Å². The van der Waals surface area contributed by atoms with Crippen molar-refractivity contribution in [3.05, 3.63) is 94.3 Å². The molecule has 4 rings (SSSR count). The highest BCUT2D eigenvalue weighted by Crippen LogP contribution is 2.28. The molecule has 1 aliphatic carbocycles. The standard InChI is InChI=1S/C30H33BrN4O3.C3H8.C2H6/c1-3-26(31)25-8-6-7-23(19-21(25)2)29(36)33-27-9-4-5-10-28(27)34-30(37)38-20-22-13-17-35(18-14-22)24-11-15-32-16-12-24;1-3-2;1-2/h3-6,8-12,15-16,19,22H,7,13-14,17-18,20H2,1-2H3,(H,33,36)(H,34,37);3H2,1-2H3;1-2H3/b26-3+;;. The largest absolute Gasteiger partial charge is 0.449 e. The highest BCUT2D eigenvalue weighted by molar-refractivity contribution is 9.12. The third kappa shape index (κ3) is 11.5. The Bertz CT molecular complexity index is 1290. The minimum Gasteiger partial charge on any atom is -0.449 e. The van der Waals surface area contributed by atoms with E-state index >= 15 is 0 Å². The average Bonchev–Trinajstić information content (AvgIpc) is 3.24. The van der Waals surface area contributed by atoms with E-state index in [9.17, 15) is 9.59 Å². The summed E-state index contributed by atoms with van der Waals surface area (Å²) < 4.78 is 6.53. The van der Waals surface area contributed by atoms with Gasteiger partial charge in [-0.1, -0.05) is 80.4 Å². The van der Waals surface area contributed by atoms with Crippen molar-refractivity contribution in [2.24, 2.45) is 5.92 Å². The monoisotopic (exact) mass is 650 g/mol. The molecular weight excluding hydrogens is 604 g/mol. The Morgan fingerprint density at radius 1 is 1.05 bits per heavy atom. The summed E-state index contributed by atoms with van der Waals surface area (Å²) in [6.45, 7) is 14.4. The first-order valence-corrected chi connectivity index (χ1v) is 16.0. The summed E-state index contributed by atoms with van der Waals surface area (Å²) in [6, 6.07) is 11.2. The van der Waals surface area contributed by atoms with Crippen LogP contribution in [0.4, 0.5) is 21.9 Å². The first kappa shape index (κ1) is 35.5. The number of amides is 2. The van der Waals surface area contributed by atoms with Crippen LogP contribution in [0.1, 0.15) is 67.2 Å². The number of hydrogen-bond donors (Lipinski definition) is 2. The van der Waals surface area contributed by atoms with Crippen molar-refractivity contribution in [2.75, 3.05) is 35.2 Å². The van der Waals surface area contributed by atoms with Crippen LogP contribution in [0.5, 0.6) is 0 Å². The third-order valence-corrected chi connectivity index (χ3v) is 7.63. The molecular formula is C35H47BrN4O3. The Morgan fingerprint density at radius 3 is 2.26 bits per heavy atom. The number of ether oxygens (including phenoxy) is 1. The van der Waals surface area contributed by atoms with Crippen LogP contribution < -0.4 is 15.5 Å². The number of nitrogens with one attached hydrogen (secondary N) is 2. The van der Waals surface area contributed by atoms with Gasteiger partial charge < -0.3 is 15.0 Å². The summed E-state index contributed by atoms with van der Waals surface area (Å²) in [6.07, 6.45) is 14.6. The van der Waals surface area contributed by atoms with Crippen LogP contribution in [0.2, 0.25) is 0 Å². The number of benzene rings is 1. The maximum Gasteiger partial charge on any atom is 0.411 e. The molecule has 1 aromatic carbocycles. The predicted octanol–water partition coefficient (Wildman–Crippen LogP) is 9.43. The van der Waals surface area contributed by atoms with Gasteiger partial charge in [0, 0.05) is 41.2 Å². The molecule has 0 unspecified atom stereocenters. The quantitative estimate of drug-likeness (QED) is 0.312. The van der Waals surface area contributed by atoms with Crippen molar-refractivity contribution in [1.82, 2.24) is 4.98 Å². The van der Waals surface area contributed by atoms with Gasteiger partial charge in [-0.3, -0.25) is 15.1 Å². The van der Waals surface area contributed by atoms with Gasteiger partial charge in [0.2, 0.25) is 0 Å². The highest BCUT2D eigenvalue weighted by Gasteiger charge is 2.21. The number of nitrogens with zero attached hydrogens (tertiary/aromatic N) is 2. The Labute approximate surface area is 266 Å². The Kier molecular flexibility index (Phi) is 16.1. The summed E-state index contributed by atoms with van der Waals surface area (Å²) >= 11 is 3.57. The number of piperidine rings is 1. The second-order valence-electron chi connectivity index (χ2n) is 10.1. The van der Waals surface area contributed by atoms with Gasteiger partial charge in [-0.05, 0) is 80.5 Å². The number of rotatable bonds is 7. The lowest BCUT2D eigenvalue weighted by Crippen LogP contribution is -2.35. The maximum absolute atomic E-state index is 13.1. The van der Waals surface area contributed by atoms with Gasteiger partial charge in [0.1, 0.15) is 0 Å². The number of carbonyl (C=O) groups is 2. The number of hydrogen-bond acceptors (Lipinski definition) is 5. The van der Waals surface area contributed by atoms with Crippen LogP contribution in [0.3, 0.4) is 0 Å². The van der Waals surface area contributed by atoms with Crippen molar-refractivity contribution >= 4 is 45.0 Å². The van der Waals surface area contributed by atoms with Crippen LogP contribution in [0.25, 0.3) is 0 Å². The van der Waals surface area contributed by atoms with Crippen molar-refractivity contribution < 1.29 is 14.3 Å². The molecule has 2 N–H and O–H groups in total. The molecule has 2 heterocycles. The van der Waals surface area contributed by atoms with Crippen LogP contribution in [0, 0.1) is 5.92 Å². The van der Waals surface area contributed by atoms with E-state index < -0.39 is 6.09 Å². The number of aromatic nitrogens is 1. The summed E-state index contributed by atoms with van der Waals surface area (Å²) in [4.78, 5) is 32.1. The van der Waals surface area contributed by atoms with E-state index in [0.717, 1.165) is 41.6 Å². The van der Waals surface area contributed by atoms with Crippen LogP contribution in [-0.2, 0) is 9.53 Å². The lowest BCUT2D eigenvalue weighted by atomic mass is 9.97. The molecule has 2 amide bonds. The summed E-state index contributed by atoms with van der Waals surface area (Å²) in [7, 11) is 0. The molecule has 0 atom stereocenters. The van der Waals surface area contributed by atoms with Crippen molar-refractivity contribution in [2.45, 2.75) is 67.2 Å². The van der Waals surface area contributed by atoms with Gasteiger partial charge in [-0.2, -0.15) is 0 Å². The number of anilines is 3. The van der Waals surface area contributed by atoms with E-state index in [1.54, 1.807) is 24.5 Å². The number of para-hydroxylation sites is 2. The molecule has 2 aromatic rings. The SMILES string of the molecule is C/C=C(/Br)C1=C(C)C=C(C(=O)Nc2ccccc2NC(=O)OCC2CCN(c3ccncc3)CC2)CC=C1.CC.CCC. The Balaban J connectivity index is 0.00000121. The molecule has 1 aliphatic heterocycles. The molecule has 1 fully saturated rings. The number of allylic oxidation sites excluding steroid dienone is 7. The minimum atomic E-state index is -0.528. The van der Waals surface area contributed by atoms with Crippen molar-refractivity contribution in [1.29, 1.82) is 0 Å². The van der Waals surface area contributed by atoms with Crippen molar-refractivity contribution in [3.63, 3.8) is 0 Å². The van der Waals surface area contributed by atoms with Gasteiger partial charge in [-0.25, -0.2) is 4.79 Å². The van der Waals surface area contributed by atoms with Gasteiger partial charge in [0.05, 0.1) is 18.0 Å². The molecule has 8 heteroatoms. The molecule has 1 aromatic heterocycles. The number of carbonyl (C=O) groups excluding carboxylic acids is 2. The predicted molar refractivity (Wildman–Crippen MR) is 184 cm³/mol. The van der Waals surface area contributed by atoms with Gasteiger partial charge >= 0.3 is 6.09 Å². The number of halogens is 1. The average molecular weight is 652 g/mol. The van der Waals surface area contributed by atoms with Gasteiger partial charge in [-0.15, -0.1) is 0 Å². The number of pyridine rings is 1. The van der Waals surface area contributed by atoms with E-state index in [-0.39, 0.29) is 5.91 Å². The first-order valence-electron chi connectivity index (χ1n) is 15.3. The van der Waals surface area contributed by atoms with E-state index in [0.29, 0.717) is 35.9 Å². The van der Waals surface area contributed by atoms with E-state index in [1.165, 1.54) is 12.1 Å². The van der Waals surface area contributed by atoms with E-state index in [4.69, 9.17) is 4.74 Å². The third-order valence-electron chi connectivity index (χ3n) is 6.74. The summed E-state index contributed by atoms with van der Waals surface area (Å²) in [5.74, 6) is 0.100. The maximum atomic E-state index is 13.1. The summed E-state index contributed by atoms with van der Waals surface area (Å²) in [5.41, 5.74) is 4.86. The molecule has 2 aliphatic rings. The topological polar surface area (TPSA) is 83.6 Å². The molecule has 0 spiro atoms. The van der Waals surface area contributed by atoms with E-state index in [1.807, 2.05) is 76.3 Å². The second kappa shape index (κ2) is 19.5. The molecule has 232 valence electrons. The fourth-order valence-electron chi connectivity index (χ4n) is 4.57. The Hall–Kier alpha value is -3.65. The second-order valence-corrected chi connectivity index (χ2v) is 10.9. The molecule has 7 nitrogen and oxygen atoms in total. The molecule has 1 saturated heterocycles. The van der Waals surface area contributed by atoms with Crippen LogP contribution in [-0.4, -0.2) is 36.7 Å². The zero-order valence-corrected chi connectivity index (χ0v) is 28.0. The smallest absolute Gasteiger partial charge is 0.411 e. The minimum absolute atomic E-state index is 0.213. The fraction of sp³-hybridized carbons (Fsp3) is 0.400. The van der Waals surface area contributed by atoms with Crippen LogP contribution in [0.15, 0.2) is 94.3 Å². The van der Waals surface area contributed by atoms with Crippen molar-refractivity contribution in [3.8, 4) is 0 Å². The van der Waals surface area contributed by atoms with Crippen LogP contribution >= 0.6 is 15.9 Å².